The average Bonchev–Trinajstić information content (AvgIpc) is 3.09. The summed E-state index contributed by atoms with van der Waals surface area (Å²) in [6.07, 6.45) is -2.24. The number of carbonyl (C=O) groups is 1. The number of nitrogens with zero attached hydrogens (tertiary/aromatic N) is 1. The summed E-state index contributed by atoms with van der Waals surface area (Å²) in [5.41, 5.74) is 0.654. The van der Waals surface area contributed by atoms with Crippen LogP contribution in [0.1, 0.15) is 16.8 Å². The Morgan fingerprint density at radius 2 is 1.96 bits per heavy atom. The Bertz CT molecular complexity index is 745. The molecule has 2 heterocycles. The molecular formula is C17H15F3N2O3S. The Hall–Kier alpha value is -2.42. The van der Waals surface area contributed by atoms with Gasteiger partial charge in [0.1, 0.15) is 11.9 Å². The fourth-order valence-electron chi connectivity index (χ4n) is 2.30. The first-order chi connectivity index (χ1) is 12.4. The number of anilines is 1. The molecule has 0 aliphatic carbocycles. The number of halogens is 3. The van der Waals surface area contributed by atoms with Crippen LogP contribution < -0.4 is 14.8 Å². The zero-order valence-electron chi connectivity index (χ0n) is 13.5. The smallest absolute Gasteiger partial charge is 0.473 e. The summed E-state index contributed by atoms with van der Waals surface area (Å²) in [5.74, 6) is 1.67. The molecule has 1 saturated heterocycles. The highest BCUT2D eigenvalue weighted by Gasteiger charge is 2.31. The molecule has 0 spiro atoms. The number of ether oxygens (including phenoxy) is 2. The zero-order valence-corrected chi connectivity index (χ0v) is 14.3. The summed E-state index contributed by atoms with van der Waals surface area (Å²) in [4.78, 5) is 16.3. The highest BCUT2D eigenvalue weighted by atomic mass is 32.2. The van der Waals surface area contributed by atoms with Gasteiger partial charge >= 0.3 is 6.36 Å². The summed E-state index contributed by atoms with van der Waals surface area (Å²) < 4.78 is 45.9. The molecule has 26 heavy (non-hydrogen) atoms. The molecule has 1 fully saturated rings. The van der Waals surface area contributed by atoms with Gasteiger partial charge in [-0.1, -0.05) is 0 Å². The number of pyridine rings is 1. The van der Waals surface area contributed by atoms with E-state index in [-0.39, 0.29) is 11.9 Å². The van der Waals surface area contributed by atoms with Gasteiger partial charge < -0.3 is 14.8 Å². The van der Waals surface area contributed by atoms with Crippen molar-refractivity contribution in [3.8, 4) is 11.6 Å². The average molecular weight is 384 g/mol. The SMILES string of the molecule is O=C(Nc1ccc(OC(F)(F)F)cc1)c1ccc(OC2CCSC2)nc1. The number of amides is 1. The lowest BCUT2D eigenvalue weighted by molar-refractivity contribution is -0.274. The summed E-state index contributed by atoms with van der Waals surface area (Å²) >= 11 is 1.83. The molecule has 0 radical (unpaired) electrons. The largest absolute Gasteiger partial charge is 0.573 e. The van der Waals surface area contributed by atoms with Gasteiger partial charge in [-0.2, -0.15) is 11.8 Å². The van der Waals surface area contributed by atoms with Gasteiger partial charge in [-0.3, -0.25) is 4.79 Å². The number of nitrogens with one attached hydrogen (secondary N) is 1. The van der Waals surface area contributed by atoms with Gasteiger partial charge in [0.15, 0.2) is 0 Å². The van der Waals surface area contributed by atoms with E-state index in [0.29, 0.717) is 17.1 Å². The summed E-state index contributed by atoms with van der Waals surface area (Å²) in [5, 5.41) is 2.58. The molecule has 1 aromatic carbocycles. The van der Waals surface area contributed by atoms with Crippen molar-refractivity contribution >= 4 is 23.4 Å². The molecule has 1 aliphatic rings. The number of alkyl halides is 3. The fraction of sp³-hybridized carbons (Fsp3) is 0.294. The number of benzene rings is 1. The highest BCUT2D eigenvalue weighted by molar-refractivity contribution is 7.99. The highest BCUT2D eigenvalue weighted by Crippen LogP contribution is 2.24. The van der Waals surface area contributed by atoms with Crippen molar-refractivity contribution in [3.63, 3.8) is 0 Å². The Labute approximate surface area is 151 Å². The predicted molar refractivity (Wildman–Crippen MR) is 91.7 cm³/mol. The Morgan fingerprint density at radius 1 is 1.19 bits per heavy atom. The third-order valence-electron chi connectivity index (χ3n) is 3.52. The van der Waals surface area contributed by atoms with Crippen molar-refractivity contribution in [2.45, 2.75) is 18.9 Å². The van der Waals surface area contributed by atoms with Crippen LogP contribution in [0.15, 0.2) is 42.6 Å². The van der Waals surface area contributed by atoms with Gasteiger partial charge in [-0.05, 0) is 42.5 Å². The van der Waals surface area contributed by atoms with Gasteiger partial charge in [-0.25, -0.2) is 4.98 Å². The molecule has 1 unspecified atom stereocenters. The maximum Gasteiger partial charge on any atom is 0.573 e. The number of carbonyl (C=O) groups excluding carboxylic acids is 1. The molecule has 9 heteroatoms. The van der Waals surface area contributed by atoms with Gasteiger partial charge in [-0.15, -0.1) is 13.2 Å². The van der Waals surface area contributed by atoms with Crippen molar-refractivity contribution in [2.24, 2.45) is 0 Å². The molecule has 1 atom stereocenters. The minimum Gasteiger partial charge on any atom is -0.473 e. The molecule has 1 N–H and O–H groups in total. The molecule has 1 aliphatic heterocycles. The molecule has 0 bridgehead atoms. The maximum atomic E-state index is 12.2. The lowest BCUT2D eigenvalue weighted by Gasteiger charge is -2.12. The van der Waals surface area contributed by atoms with Crippen molar-refractivity contribution < 1.29 is 27.4 Å². The number of aromatic nitrogens is 1. The number of thioether (sulfide) groups is 1. The molecule has 138 valence electrons. The normalized spacial score (nSPS) is 17.0. The predicted octanol–water partition coefficient (Wildman–Crippen LogP) is 4.12. The van der Waals surface area contributed by atoms with E-state index in [0.717, 1.165) is 30.1 Å². The number of hydrogen-bond acceptors (Lipinski definition) is 5. The summed E-state index contributed by atoms with van der Waals surface area (Å²) in [6.45, 7) is 0. The zero-order chi connectivity index (χ0) is 18.6. The maximum absolute atomic E-state index is 12.2. The topological polar surface area (TPSA) is 60.5 Å². The lowest BCUT2D eigenvalue weighted by Crippen LogP contribution is -2.17. The second-order valence-corrected chi connectivity index (χ2v) is 6.66. The van der Waals surface area contributed by atoms with Crippen LogP contribution in [-0.4, -0.2) is 34.9 Å². The number of hydrogen-bond donors (Lipinski definition) is 1. The van der Waals surface area contributed by atoms with Crippen molar-refractivity contribution in [2.75, 3.05) is 16.8 Å². The Morgan fingerprint density at radius 3 is 2.54 bits per heavy atom. The standard InChI is InChI=1S/C17H15F3N2O3S/c18-17(19,20)25-13-4-2-12(3-5-13)22-16(23)11-1-6-15(21-9-11)24-14-7-8-26-10-14/h1-6,9,14H,7-8,10H2,(H,22,23). The van der Waals surface area contributed by atoms with Crippen molar-refractivity contribution in [3.05, 3.63) is 48.2 Å². The minimum atomic E-state index is -4.75. The molecule has 2 aromatic rings. The van der Waals surface area contributed by atoms with Crippen LogP contribution in [0, 0.1) is 0 Å². The quantitative estimate of drug-likeness (QED) is 0.841. The van der Waals surface area contributed by atoms with E-state index in [1.165, 1.54) is 18.3 Å². The van der Waals surface area contributed by atoms with E-state index in [9.17, 15) is 18.0 Å². The van der Waals surface area contributed by atoms with Crippen LogP contribution in [0.3, 0.4) is 0 Å². The van der Waals surface area contributed by atoms with Crippen LogP contribution in [0.25, 0.3) is 0 Å². The van der Waals surface area contributed by atoms with Gasteiger partial charge in [0.2, 0.25) is 5.88 Å². The van der Waals surface area contributed by atoms with E-state index < -0.39 is 12.3 Å². The van der Waals surface area contributed by atoms with E-state index >= 15 is 0 Å². The molecule has 5 nitrogen and oxygen atoms in total. The summed E-state index contributed by atoms with van der Waals surface area (Å²) in [6, 6.07) is 8.10. The Balaban J connectivity index is 1.57. The number of rotatable bonds is 5. The van der Waals surface area contributed by atoms with Crippen LogP contribution in [-0.2, 0) is 0 Å². The van der Waals surface area contributed by atoms with Crippen molar-refractivity contribution in [1.29, 1.82) is 0 Å². The first-order valence-electron chi connectivity index (χ1n) is 7.77. The monoisotopic (exact) mass is 384 g/mol. The van der Waals surface area contributed by atoms with Crippen LogP contribution in [0.5, 0.6) is 11.6 Å². The minimum absolute atomic E-state index is 0.143. The summed E-state index contributed by atoms with van der Waals surface area (Å²) in [7, 11) is 0. The van der Waals surface area contributed by atoms with E-state index in [1.54, 1.807) is 12.1 Å². The van der Waals surface area contributed by atoms with Crippen LogP contribution >= 0.6 is 11.8 Å². The van der Waals surface area contributed by atoms with Crippen LogP contribution in [0.2, 0.25) is 0 Å². The second-order valence-electron chi connectivity index (χ2n) is 5.51. The first kappa shape index (κ1) is 18.4. The molecule has 1 amide bonds. The van der Waals surface area contributed by atoms with Crippen molar-refractivity contribution in [1.82, 2.24) is 4.98 Å². The van der Waals surface area contributed by atoms with E-state index in [2.05, 4.69) is 15.0 Å². The first-order valence-corrected chi connectivity index (χ1v) is 8.92. The van der Waals surface area contributed by atoms with Gasteiger partial charge in [0.25, 0.3) is 5.91 Å². The lowest BCUT2D eigenvalue weighted by atomic mass is 10.2. The Kier molecular flexibility index (Phi) is 5.55. The van der Waals surface area contributed by atoms with E-state index in [4.69, 9.17) is 4.74 Å². The van der Waals surface area contributed by atoms with E-state index in [1.807, 2.05) is 11.8 Å². The molecule has 0 saturated carbocycles. The van der Waals surface area contributed by atoms with Gasteiger partial charge in [0.05, 0.1) is 5.56 Å². The van der Waals surface area contributed by atoms with Gasteiger partial charge in [0, 0.05) is 23.7 Å². The molecule has 1 aromatic heterocycles. The third-order valence-corrected chi connectivity index (χ3v) is 4.65. The third kappa shape index (κ3) is 5.29. The van der Waals surface area contributed by atoms with Crippen LogP contribution in [0.4, 0.5) is 18.9 Å². The second kappa shape index (κ2) is 7.86. The fourth-order valence-corrected chi connectivity index (χ4v) is 3.40. The molecular weight excluding hydrogens is 369 g/mol. The molecule has 3 rings (SSSR count).